The second kappa shape index (κ2) is 7.15. The number of carbonyl (C=O) groups excluding carboxylic acids is 1. The Kier molecular flexibility index (Phi) is 4.95. The van der Waals surface area contributed by atoms with Crippen LogP contribution < -0.4 is 5.73 Å². The van der Waals surface area contributed by atoms with E-state index in [1.165, 1.54) is 22.9 Å². The lowest BCUT2D eigenvalue weighted by Crippen LogP contribution is -2.14. The highest BCUT2D eigenvalue weighted by Crippen LogP contribution is 2.31. The first-order valence-corrected chi connectivity index (χ1v) is 9.08. The average Bonchev–Trinajstić information content (AvgIpc) is 2.97. The van der Waals surface area contributed by atoms with Crippen molar-refractivity contribution in [3.8, 4) is 16.9 Å². The van der Waals surface area contributed by atoms with Crippen molar-refractivity contribution in [1.29, 1.82) is 0 Å². The van der Waals surface area contributed by atoms with Gasteiger partial charge in [-0.1, -0.05) is 59.3 Å². The zero-order valence-corrected chi connectivity index (χ0v) is 15.4. The smallest absolute Gasteiger partial charge is 0.227 e. The maximum atomic E-state index is 11.2. The van der Waals surface area contributed by atoms with E-state index in [0.29, 0.717) is 0 Å². The quantitative estimate of drug-likeness (QED) is 0.706. The van der Waals surface area contributed by atoms with E-state index in [0.717, 1.165) is 27.7 Å². The first-order valence-electron chi connectivity index (χ1n) is 8.09. The molecule has 0 aliphatic heterocycles. The van der Waals surface area contributed by atoms with Crippen molar-refractivity contribution >= 4 is 17.7 Å². The van der Waals surface area contributed by atoms with Crippen LogP contribution in [-0.4, -0.2) is 21.2 Å². The van der Waals surface area contributed by atoms with E-state index in [1.54, 1.807) is 0 Å². The molecule has 0 bridgehead atoms. The fraction of sp³-hybridized carbons (Fsp3) is 0.200. The number of amides is 1. The third kappa shape index (κ3) is 3.77. The predicted molar refractivity (Wildman–Crippen MR) is 103 cm³/mol. The lowest BCUT2D eigenvalue weighted by molar-refractivity contribution is -0.115. The van der Waals surface area contributed by atoms with Crippen LogP contribution in [0.1, 0.15) is 16.7 Å². The topological polar surface area (TPSA) is 60.9 Å². The van der Waals surface area contributed by atoms with Crippen LogP contribution in [0.3, 0.4) is 0 Å². The molecule has 128 valence electrons. The molecule has 3 rings (SSSR count). The summed E-state index contributed by atoms with van der Waals surface area (Å²) >= 11 is 1.36. The lowest BCUT2D eigenvalue weighted by Gasteiger charge is -2.15. The Morgan fingerprint density at radius 3 is 2.40 bits per heavy atom. The lowest BCUT2D eigenvalue weighted by atomic mass is 10.1. The van der Waals surface area contributed by atoms with Gasteiger partial charge in [0.15, 0.2) is 5.16 Å². The second-order valence-electron chi connectivity index (χ2n) is 6.17. The first-order chi connectivity index (χ1) is 12.0. The van der Waals surface area contributed by atoms with Gasteiger partial charge >= 0.3 is 0 Å². The highest BCUT2D eigenvalue weighted by Gasteiger charge is 2.16. The number of nitrogens with two attached hydrogens (primary N) is 1. The van der Waals surface area contributed by atoms with Gasteiger partial charge in [-0.2, -0.15) is 0 Å². The number of imidazole rings is 1. The molecule has 0 atom stereocenters. The molecule has 1 aromatic heterocycles. The molecule has 1 heterocycles. The minimum Gasteiger partial charge on any atom is -0.369 e. The molecule has 1 amide bonds. The third-order valence-electron chi connectivity index (χ3n) is 4.01. The molecule has 2 aromatic carbocycles. The van der Waals surface area contributed by atoms with E-state index in [-0.39, 0.29) is 11.7 Å². The van der Waals surface area contributed by atoms with Crippen LogP contribution in [0.4, 0.5) is 0 Å². The number of benzene rings is 2. The molecule has 3 aromatic rings. The van der Waals surface area contributed by atoms with Crippen LogP contribution in [0.15, 0.2) is 53.8 Å². The van der Waals surface area contributed by atoms with Crippen LogP contribution in [-0.2, 0) is 4.79 Å². The summed E-state index contributed by atoms with van der Waals surface area (Å²) in [4.78, 5) is 15.8. The van der Waals surface area contributed by atoms with E-state index in [4.69, 9.17) is 5.73 Å². The van der Waals surface area contributed by atoms with Crippen molar-refractivity contribution in [2.45, 2.75) is 25.9 Å². The number of carbonyl (C=O) groups is 1. The van der Waals surface area contributed by atoms with Crippen molar-refractivity contribution in [2.24, 2.45) is 5.73 Å². The number of thioether (sulfide) groups is 1. The summed E-state index contributed by atoms with van der Waals surface area (Å²) < 4.78 is 2.10. The Labute approximate surface area is 152 Å². The zero-order valence-electron chi connectivity index (χ0n) is 14.6. The number of rotatable bonds is 5. The molecular weight excluding hydrogens is 330 g/mol. The fourth-order valence-corrected chi connectivity index (χ4v) is 3.51. The molecule has 0 saturated carbocycles. The van der Waals surface area contributed by atoms with Crippen molar-refractivity contribution in [1.82, 2.24) is 9.55 Å². The van der Waals surface area contributed by atoms with E-state index >= 15 is 0 Å². The van der Waals surface area contributed by atoms with Crippen LogP contribution in [0.5, 0.6) is 0 Å². The highest BCUT2D eigenvalue weighted by molar-refractivity contribution is 7.99. The minimum atomic E-state index is -0.350. The van der Waals surface area contributed by atoms with Crippen molar-refractivity contribution in [3.05, 3.63) is 65.4 Å². The maximum Gasteiger partial charge on any atom is 0.227 e. The summed E-state index contributed by atoms with van der Waals surface area (Å²) in [5.41, 5.74) is 12.0. The van der Waals surface area contributed by atoms with Crippen LogP contribution in [0, 0.1) is 20.8 Å². The van der Waals surface area contributed by atoms with Gasteiger partial charge in [0, 0.05) is 5.56 Å². The van der Waals surface area contributed by atoms with Crippen molar-refractivity contribution in [2.75, 3.05) is 5.75 Å². The molecule has 0 saturated heterocycles. The van der Waals surface area contributed by atoms with E-state index in [2.05, 4.69) is 72.8 Å². The molecule has 0 unspecified atom stereocenters. The van der Waals surface area contributed by atoms with Gasteiger partial charge in [0.25, 0.3) is 0 Å². The first kappa shape index (κ1) is 17.3. The van der Waals surface area contributed by atoms with Gasteiger partial charge in [0.2, 0.25) is 5.91 Å². The Bertz CT molecular complexity index is 913. The maximum absolute atomic E-state index is 11.2. The van der Waals surface area contributed by atoms with Crippen LogP contribution >= 0.6 is 11.8 Å². The van der Waals surface area contributed by atoms with Crippen molar-refractivity contribution < 1.29 is 4.79 Å². The Hall–Kier alpha value is -2.53. The molecule has 5 heteroatoms. The minimum absolute atomic E-state index is 0.204. The summed E-state index contributed by atoms with van der Waals surface area (Å²) in [6.45, 7) is 6.23. The van der Waals surface area contributed by atoms with Gasteiger partial charge in [0.1, 0.15) is 0 Å². The Morgan fingerprint density at radius 2 is 1.76 bits per heavy atom. The van der Waals surface area contributed by atoms with E-state index < -0.39 is 0 Å². The molecule has 0 fully saturated rings. The number of nitrogens with zero attached hydrogens (tertiary/aromatic N) is 2. The largest absolute Gasteiger partial charge is 0.369 e. The van der Waals surface area contributed by atoms with E-state index in [1.807, 2.05) is 6.20 Å². The van der Waals surface area contributed by atoms with Gasteiger partial charge in [-0.3, -0.25) is 9.36 Å². The average molecular weight is 351 g/mol. The summed E-state index contributed by atoms with van der Waals surface area (Å²) in [6, 6.07) is 14.7. The van der Waals surface area contributed by atoms with Gasteiger partial charge in [-0.05, 0) is 32.4 Å². The standard InChI is InChI=1S/C20H21N3OS/c1-13-4-7-16(8-5-13)18-11-22-20(25-12-19(21)24)23(18)17-9-6-14(2)10-15(17)3/h4-11H,12H2,1-3H3,(H2,21,24). The predicted octanol–water partition coefficient (Wildman–Crippen LogP) is 4.04. The molecule has 0 radical (unpaired) electrons. The summed E-state index contributed by atoms with van der Waals surface area (Å²) in [5, 5.41) is 0.765. The molecular formula is C20H21N3OS. The normalized spacial score (nSPS) is 10.8. The molecule has 2 N–H and O–H groups in total. The van der Waals surface area contributed by atoms with Crippen LogP contribution in [0.2, 0.25) is 0 Å². The fourth-order valence-electron chi connectivity index (χ4n) is 2.79. The monoisotopic (exact) mass is 351 g/mol. The number of aryl methyl sites for hydroxylation is 3. The summed E-state index contributed by atoms with van der Waals surface area (Å²) in [5.74, 6) is -0.146. The van der Waals surface area contributed by atoms with Gasteiger partial charge in [-0.25, -0.2) is 4.98 Å². The van der Waals surface area contributed by atoms with Crippen molar-refractivity contribution in [3.63, 3.8) is 0 Å². The molecule has 25 heavy (non-hydrogen) atoms. The summed E-state index contributed by atoms with van der Waals surface area (Å²) in [7, 11) is 0. The van der Waals surface area contributed by atoms with E-state index in [9.17, 15) is 4.79 Å². The molecule has 0 aliphatic rings. The highest BCUT2D eigenvalue weighted by atomic mass is 32.2. The van der Waals surface area contributed by atoms with Gasteiger partial charge in [0.05, 0.1) is 23.3 Å². The molecule has 0 aliphatic carbocycles. The third-order valence-corrected chi connectivity index (χ3v) is 4.99. The van der Waals surface area contributed by atoms with Gasteiger partial charge < -0.3 is 5.73 Å². The van der Waals surface area contributed by atoms with Crippen LogP contribution in [0.25, 0.3) is 16.9 Å². The Morgan fingerprint density at radius 1 is 1.08 bits per heavy atom. The number of hydrogen-bond donors (Lipinski definition) is 1. The number of primary amides is 1. The number of hydrogen-bond acceptors (Lipinski definition) is 3. The van der Waals surface area contributed by atoms with Gasteiger partial charge in [-0.15, -0.1) is 0 Å². The Balaban J connectivity index is 2.15. The number of aromatic nitrogens is 2. The molecule has 0 spiro atoms. The SMILES string of the molecule is Cc1ccc(-c2cnc(SCC(N)=O)n2-c2ccc(C)cc2C)cc1. The molecule has 4 nitrogen and oxygen atoms in total. The second-order valence-corrected chi connectivity index (χ2v) is 7.11. The summed E-state index contributed by atoms with van der Waals surface area (Å²) in [6.07, 6.45) is 1.85. The zero-order chi connectivity index (χ0) is 18.0.